The third kappa shape index (κ3) is 4.56. The van der Waals surface area contributed by atoms with Gasteiger partial charge in [0.15, 0.2) is 5.57 Å². The van der Waals surface area contributed by atoms with E-state index in [1.54, 1.807) is 0 Å². The fourth-order valence-corrected chi connectivity index (χ4v) is 2.61. The van der Waals surface area contributed by atoms with Crippen LogP contribution in [0, 0.1) is 5.82 Å². The van der Waals surface area contributed by atoms with Crippen molar-refractivity contribution in [3.8, 4) is 11.1 Å². The first kappa shape index (κ1) is 20.4. The smallest absolute Gasteiger partial charge is 0.419 e. The maximum Gasteiger partial charge on any atom is 0.419 e. The van der Waals surface area contributed by atoms with E-state index in [0.717, 1.165) is 18.3 Å². The van der Waals surface area contributed by atoms with Crippen LogP contribution in [0.25, 0.3) is 11.1 Å². The zero-order valence-electron chi connectivity index (χ0n) is 15.3. The molecule has 0 atom stereocenters. The Morgan fingerprint density at radius 3 is 2.03 bits per heavy atom. The summed E-state index contributed by atoms with van der Waals surface area (Å²) < 4.78 is 61.9. The average Bonchev–Trinajstić information content (AvgIpc) is 2.60. The van der Waals surface area contributed by atoms with Gasteiger partial charge in [0.25, 0.3) is 5.79 Å². The Balaban J connectivity index is 1.78. The van der Waals surface area contributed by atoms with Crippen LogP contribution in [0.5, 0.6) is 0 Å². The van der Waals surface area contributed by atoms with Gasteiger partial charge in [-0.3, -0.25) is 0 Å². The molecule has 0 unspecified atom stereocenters. The predicted molar refractivity (Wildman–Crippen MR) is 94.8 cm³/mol. The summed E-state index contributed by atoms with van der Waals surface area (Å²) in [6, 6.07) is 8.79. The van der Waals surface area contributed by atoms with Gasteiger partial charge in [-0.05, 0) is 35.4 Å². The Labute approximate surface area is 162 Å². The second-order valence-corrected chi connectivity index (χ2v) is 6.65. The van der Waals surface area contributed by atoms with E-state index in [-0.39, 0.29) is 11.1 Å². The Morgan fingerprint density at radius 1 is 0.931 bits per heavy atom. The van der Waals surface area contributed by atoms with Crippen LogP contribution in [0.1, 0.15) is 19.4 Å². The maximum absolute atomic E-state index is 13.4. The number of rotatable bonds is 3. The summed E-state index contributed by atoms with van der Waals surface area (Å²) >= 11 is 0. The lowest BCUT2D eigenvalue weighted by atomic mass is 10.0. The number of carbonyl (C=O) groups excluding carboxylic acids is 2. The molecule has 1 fully saturated rings. The van der Waals surface area contributed by atoms with Crippen LogP contribution >= 0.6 is 0 Å². The molecule has 5 nitrogen and oxygen atoms in total. The zero-order chi connectivity index (χ0) is 21.4. The molecule has 0 saturated carbocycles. The molecular formula is C20H15F4NO4. The van der Waals surface area contributed by atoms with Gasteiger partial charge in [-0.1, -0.05) is 18.2 Å². The minimum Gasteiger partial charge on any atom is -0.419 e. The summed E-state index contributed by atoms with van der Waals surface area (Å²) in [5.41, 5.74) is -0.622. The van der Waals surface area contributed by atoms with Crippen LogP contribution in [0.15, 0.2) is 54.2 Å². The highest BCUT2D eigenvalue weighted by atomic mass is 19.4. The highest BCUT2D eigenvalue weighted by Crippen LogP contribution is 2.34. The largest absolute Gasteiger partial charge is 0.419 e. The lowest BCUT2D eigenvalue weighted by Crippen LogP contribution is -2.42. The molecule has 1 aliphatic rings. The highest BCUT2D eigenvalue weighted by Gasteiger charge is 2.39. The minimum atomic E-state index is -4.80. The van der Waals surface area contributed by atoms with Crippen molar-refractivity contribution >= 4 is 17.6 Å². The fraction of sp³-hybridized carbons (Fsp3) is 0.200. The minimum absolute atomic E-state index is 0.185. The summed E-state index contributed by atoms with van der Waals surface area (Å²) in [5.74, 6) is -4.39. The molecule has 0 bridgehead atoms. The van der Waals surface area contributed by atoms with E-state index in [1.807, 2.05) is 0 Å². The molecule has 29 heavy (non-hydrogen) atoms. The molecule has 1 saturated heterocycles. The summed E-state index contributed by atoms with van der Waals surface area (Å²) in [4.78, 5) is 23.7. The zero-order valence-corrected chi connectivity index (χ0v) is 15.3. The van der Waals surface area contributed by atoms with Gasteiger partial charge in [0, 0.05) is 25.7 Å². The molecule has 0 radical (unpaired) electrons. The molecule has 9 heteroatoms. The number of carbonyl (C=O) groups is 2. The molecule has 2 aromatic rings. The van der Waals surface area contributed by atoms with Crippen LogP contribution in [0.3, 0.4) is 0 Å². The van der Waals surface area contributed by atoms with E-state index in [2.05, 4.69) is 5.32 Å². The van der Waals surface area contributed by atoms with E-state index in [1.165, 1.54) is 44.2 Å². The standard InChI is InChI=1S/C20H15F4NO4/c1-19(2)28-17(26)14(18(27)29-19)10-25-13-6-3-11(4-7-13)12-5-8-16(21)15(9-12)20(22,23)24/h3-10,25H,1-2H3. The monoisotopic (exact) mass is 409 g/mol. The van der Waals surface area contributed by atoms with Gasteiger partial charge >= 0.3 is 18.1 Å². The molecular weight excluding hydrogens is 394 g/mol. The number of esters is 2. The van der Waals surface area contributed by atoms with Gasteiger partial charge in [-0.15, -0.1) is 0 Å². The first-order valence-electron chi connectivity index (χ1n) is 8.37. The number of alkyl halides is 3. The van der Waals surface area contributed by atoms with Crippen molar-refractivity contribution in [1.29, 1.82) is 0 Å². The van der Waals surface area contributed by atoms with Crippen LogP contribution in [-0.4, -0.2) is 17.7 Å². The summed E-state index contributed by atoms with van der Waals surface area (Å²) in [6.45, 7) is 2.84. The Morgan fingerprint density at radius 2 is 1.48 bits per heavy atom. The Hall–Kier alpha value is -3.36. The van der Waals surface area contributed by atoms with Crippen molar-refractivity contribution in [2.45, 2.75) is 25.8 Å². The lowest BCUT2D eigenvalue weighted by Gasteiger charge is -2.29. The van der Waals surface area contributed by atoms with E-state index in [9.17, 15) is 27.2 Å². The predicted octanol–water partition coefficient (Wildman–Crippen LogP) is 4.64. The summed E-state index contributed by atoms with van der Waals surface area (Å²) in [5, 5.41) is 2.72. The van der Waals surface area contributed by atoms with Crippen LogP contribution in [0.4, 0.5) is 23.2 Å². The second-order valence-electron chi connectivity index (χ2n) is 6.65. The second kappa shape index (κ2) is 7.23. The molecule has 1 heterocycles. The van der Waals surface area contributed by atoms with Gasteiger partial charge in [-0.25, -0.2) is 14.0 Å². The van der Waals surface area contributed by atoms with Crippen LogP contribution in [-0.2, 0) is 25.2 Å². The first-order valence-corrected chi connectivity index (χ1v) is 8.37. The van der Waals surface area contributed by atoms with Crippen molar-refractivity contribution in [2.24, 2.45) is 0 Å². The number of hydrogen-bond acceptors (Lipinski definition) is 5. The fourth-order valence-electron chi connectivity index (χ4n) is 2.61. The molecule has 1 N–H and O–H groups in total. The quantitative estimate of drug-likeness (QED) is 0.346. The molecule has 152 valence electrons. The molecule has 0 amide bonds. The molecule has 0 aliphatic carbocycles. The Kier molecular flexibility index (Phi) is 5.08. The van der Waals surface area contributed by atoms with Crippen LogP contribution < -0.4 is 5.32 Å². The van der Waals surface area contributed by atoms with Crippen molar-refractivity contribution in [3.05, 3.63) is 65.6 Å². The molecule has 1 aliphatic heterocycles. The van der Waals surface area contributed by atoms with E-state index in [0.29, 0.717) is 11.3 Å². The van der Waals surface area contributed by atoms with E-state index in [4.69, 9.17) is 9.47 Å². The van der Waals surface area contributed by atoms with Gasteiger partial charge < -0.3 is 14.8 Å². The number of ether oxygens (including phenoxy) is 2. The normalized spacial score (nSPS) is 16.1. The van der Waals surface area contributed by atoms with Crippen LogP contribution in [0.2, 0.25) is 0 Å². The topological polar surface area (TPSA) is 64.6 Å². The number of anilines is 1. The first-order chi connectivity index (χ1) is 13.5. The van der Waals surface area contributed by atoms with Crippen molar-refractivity contribution in [1.82, 2.24) is 0 Å². The summed E-state index contributed by atoms with van der Waals surface area (Å²) in [7, 11) is 0. The molecule has 0 spiro atoms. The van der Waals surface area contributed by atoms with Crippen molar-refractivity contribution in [2.75, 3.05) is 5.32 Å². The van der Waals surface area contributed by atoms with Crippen molar-refractivity contribution < 1.29 is 36.6 Å². The number of halogens is 4. The third-order valence-electron chi connectivity index (χ3n) is 3.99. The SMILES string of the molecule is CC1(C)OC(=O)C(=CNc2ccc(-c3ccc(F)c(C(F)(F)F)c3)cc2)C(=O)O1. The number of cyclic esters (lactones) is 2. The summed E-state index contributed by atoms with van der Waals surface area (Å²) in [6.07, 6.45) is -3.68. The van der Waals surface area contributed by atoms with Crippen molar-refractivity contribution in [3.63, 3.8) is 0 Å². The lowest BCUT2D eigenvalue weighted by molar-refractivity contribution is -0.222. The van der Waals surface area contributed by atoms with Gasteiger partial charge in [-0.2, -0.15) is 13.2 Å². The van der Waals surface area contributed by atoms with Gasteiger partial charge in [0.1, 0.15) is 5.82 Å². The number of benzene rings is 2. The maximum atomic E-state index is 13.4. The number of hydrogen-bond donors (Lipinski definition) is 1. The Bertz CT molecular complexity index is 973. The third-order valence-corrected chi connectivity index (χ3v) is 3.99. The molecule has 3 rings (SSSR count). The highest BCUT2D eigenvalue weighted by molar-refractivity contribution is 6.15. The molecule has 2 aromatic carbocycles. The van der Waals surface area contributed by atoms with E-state index < -0.39 is 35.3 Å². The average molecular weight is 409 g/mol. The van der Waals surface area contributed by atoms with E-state index >= 15 is 0 Å². The van der Waals surface area contributed by atoms with Gasteiger partial charge in [0.2, 0.25) is 0 Å². The molecule has 0 aromatic heterocycles. The number of nitrogens with one attached hydrogen (secondary N) is 1. The van der Waals surface area contributed by atoms with Gasteiger partial charge in [0.05, 0.1) is 5.56 Å².